The SMILES string of the molecule is C=S1(=O)C2CCN1C(=O)c1ccc3c(c1)N(C[C@@H]1CC[C@H]1[C@](CN1CCN4CCOC[C@@H]4C1)(OC)/C=C/C[C@@H]2C)C[C@@]1(CCCc2cc(Cl)ccc21)CO3. The average molecular weight is 777 g/mol. The fourth-order valence-corrected chi connectivity index (χ4v) is 13.9. The number of hydrogen-bond donors (Lipinski definition) is 0. The van der Waals surface area contributed by atoms with Crippen LogP contribution in [-0.4, -0.2) is 126 Å². The van der Waals surface area contributed by atoms with Gasteiger partial charge in [0.2, 0.25) is 0 Å². The maximum absolute atomic E-state index is 14.5. The van der Waals surface area contributed by atoms with Gasteiger partial charge in [-0.3, -0.25) is 18.9 Å². The van der Waals surface area contributed by atoms with Crippen LogP contribution in [-0.2, 0) is 31.0 Å². The average Bonchev–Trinajstić information content (AvgIpc) is 3.39. The number of hydrogen-bond acceptors (Lipinski definition) is 8. The number of carbonyl (C=O) groups is 1. The second-order valence-corrected chi connectivity index (χ2v) is 20.3. The number of fused-ring (bicyclic) bond motifs is 7. The molecule has 3 saturated heterocycles. The maximum atomic E-state index is 14.5. The quantitative estimate of drug-likeness (QED) is 0.292. The van der Waals surface area contributed by atoms with Gasteiger partial charge in [0, 0.05) is 86.8 Å². The van der Waals surface area contributed by atoms with Crippen LogP contribution in [0.1, 0.15) is 66.9 Å². The number of carbonyl (C=O) groups excluding carboxylic acids is 1. The molecule has 4 bridgehead atoms. The Balaban J connectivity index is 1.12. The highest BCUT2D eigenvalue weighted by atomic mass is 35.5. The van der Waals surface area contributed by atoms with Crippen LogP contribution in [0.3, 0.4) is 0 Å². The topological polar surface area (TPSA) is 74.8 Å². The number of anilines is 1. The summed E-state index contributed by atoms with van der Waals surface area (Å²) in [5.41, 5.74) is 3.44. The molecule has 4 fully saturated rings. The number of aryl methyl sites for hydroxylation is 1. The van der Waals surface area contributed by atoms with Crippen molar-refractivity contribution in [3.63, 3.8) is 0 Å². The molecule has 0 N–H and O–H groups in total. The molecule has 1 spiro atoms. The van der Waals surface area contributed by atoms with Crippen LogP contribution >= 0.6 is 11.6 Å². The number of benzene rings is 2. The lowest BCUT2D eigenvalue weighted by atomic mass is 9.63. The Morgan fingerprint density at radius 1 is 1.07 bits per heavy atom. The number of piperazine rings is 1. The zero-order valence-electron chi connectivity index (χ0n) is 32.1. The summed E-state index contributed by atoms with van der Waals surface area (Å²) in [6.07, 6.45) is 11.4. The minimum Gasteiger partial charge on any atom is -0.490 e. The van der Waals surface area contributed by atoms with Crippen LogP contribution in [0, 0.1) is 17.8 Å². The van der Waals surface area contributed by atoms with Crippen LogP contribution < -0.4 is 9.64 Å². The van der Waals surface area contributed by atoms with Gasteiger partial charge in [-0.05, 0) is 110 Å². The fraction of sp³-hybridized carbons (Fsp3) is 0.628. The highest BCUT2D eigenvalue weighted by Gasteiger charge is 2.50. The molecule has 5 aliphatic heterocycles. The monoisotopic (exact) mass is 776 g/mol. The number of amides is 1. The smallest absolute Gasteiger partial charge is 0.265 e. The number of morpholine rings is 1. The van der Waals surface area contributed by atoms with Gasteiger partial charge in [-0.1, -0.05) is 36.7 Å². The third-order valence-corrected chi connectivity index (χ3v) is 17.4. The molecule has 1 amide bonds. The predicted molar refractivity (Wildman–Crippen MR) is 216 cm³/mol. The summed E-state index contributed by atoms with van der Waals surface area (Å²) in [6.45, 7) is 11.3. The number of methoxy groups -OCH3 is 1. The maximum Gasteiger partial charge on any atom is 0.265 e. The van der Waals surface area contributed by atoms with Crippen molar-refractivity contribution in [3.05, 3.63) is 70.3 Å². The van der Waals surface area contributed by atoms with E-state index in [9.17, 15) is 9.00 Å². The molecule has 2 unspecified atom stereocenters. The van der Waals surface area contributed by atoms with Crippen LogP contribution in [0.4, 0.5) is 5.69 Å². The zero-order valence-corrected chi connectivity index (χ0v) is 33.6. The van der Waals surface area contributed by atoms with Crippen molar-refractivity contribution in [2.24, 2.45) is 17.8 Å². The first-order valence-electron chi connectivity index (χ1n) is 20.3. The van der Waals surface area contributed by atoms with Gasteiger partial charge in [0.15, 0.2) is 0 Å². The second kappa shape index (κ2) is 14.4. The minimum absolute atomic E-state index is 0.104. The number of allylic oxidation sites excluding steroid dienone is 1. The van der Waals surface area contributed by atoms with E-state index in [2.05, 4.69) is 51.8 Å². The molecular formula is C43H57ClN4O5S. The summed E-state index contributed by atoms with van der Waals surface area (Å²) < 4.78 is 35.6. The highest BCUT2D eigenvalue weighted by molar-refractivity contribution is 7.99. The van der Waals surface area contributed by atoms with Crippen LogP contribution in [0.15, 0.2) is 48.6 Å². The van der Waals surface area contributed by atoms with E-state index in [0.717, 1.165) is 114 Å². The highest BCUT2D eigenvalue weighted by Crippen LogP contribution is 2.49. The second-order valence-electron chi connectivity index (χ2n) is 17.4. The lowest BCUT2D eigenvalue weighted by molar-refractivity contribution is -0.108. The normalized spacial score (nSPS) is 37.8. The summed E-state index contributed by atoms with van der Waals surface area (Å²) >= 11 is 6.54. The summed E-state index contributed by atoms with van der Waals surface area (Å²) in [5.74, 6) is 5.66. The van der Waals surface area contributed by atoms with Crippen molar-refractivity contribution < 1.29 is 23.2 Å². The number of rotatable bonds is 3. The molecule has 2 aliphatic carbocycles. The van der Waals surface area contributed by atoms with Gasteiger partial charge in [0.1, 0.15) is 11.4 Å². The summed E-state index contributed by atoms with van der Waals surface area (Å²) in [5, 5.41) is 0.600. The van der Waals surface area contributed by atoms with E-state index >= 15 is 0 Å². The van der Waals surface area contributed by atoms with Crippen LogP contribution in [0.2, 0.25) is 5.02 Å². The summed E-state index contributed by atoms with van der Waals surface area (Å²) in [4.78, 5) is 22.0. The minimum atomic E-state index is -2.84. The van der Waals surface area contributed by atoms with Crippen molar-refractivity contribution in [2.75, 3.05) is 84.2 Å². The van der Waals surface area contributed by atoms with Crippen molar-refractivity contribution in [1.29, 1.82) is 0 Å². The van der Waals surface area contributed by atoms with Gasteiger partial charge >= 0.3 is 0 Å². The molecule has 9 rings (SSSR count). The van der Waals surface area contributed by atoms with Crippen molar-refractivity contribution >= 4 is 38.8 Å². The Labute approximate surface area is 327 Å². The van der Waals surface area contributed by atoms with E-state index in [0.29, 0.717) is 43.0 Å². The van der Waals surface area contributed by atoms with Gasteiger partial charge in [0.05, 0.1) is 35.2 Å². The largest absolute Gasteiger partial charge is 0.490 e. The molecule has 2 aromatic carbocycles. The molecule has 5 heterocycles. The molecule has 11 heteroatoms. The van der Waals surface area contributed by atoms with Gasteiger partial charge in [0.25, 0.3) is 5.91 Å². The molecule has 8 atom stereocenters. The molecule has 54 heavy (non-hydrogen) atoms. The Kier molecular flexibility index (Phi) is 9.87. The standard InChI is InChI=1S/C43H57ClN4O5S/c1-30-6-4-16-43(51-2,28-45-18-19-46-20-21-52-26-35(46)25-45)37-11-8-33(37)24-47-27-42(15-5-7-31-22-34(44)10-12-36(31)42)29-53-39-13-9-32(23-38(39)47)41(49)48-17-14-40(30)54(48,3)50/h4,9-10,12-13,16,22-23,30,33,35,37,40H,3,5-8,11,14-15,17-21,24-29H2,1-2H3/b16-4+/t30-,33-,35-,37+,40?,42-,43-,54?/m0/s1. The Hall–Kier alpha value is -2.60. The molecule has 2 aromatic rings. The molecule has 0 aromatic heterocycles. The van der Waals surface area contributed by atoms with Crippen LogP contribution in [0.5, 0.6) is 5.75 Å². The van der Waals surface area contributed by atoms with E-state index in [1.54, 1.807) is 4.31 Å². The lowest BCUT2D eigenvalue weighted by Crippen LogP contribution is -2.62. The van der Waals surface area contributed by atoms with Crippen molar-refractivity contribution in [1.82, 2.24) is 14.1 Å². The number of ether oxygens (including phenoxy) is 3. The van der Waals surface area contributed by atoms with E-state index in [4.69, 9.17) is 25.8 Å². The van der Waals surface area contributed by atoms with E-state index in [1.165, 1.54) is 11.1 Å². The van der Waals surface area contributed by atoms with E-state index in [-0.39, 0.29) is 22.5 Å². The van der Waals surface area contributed by atoms with Gasteiger partial charge in [-0.25, -0.2) is 4.21 Å². The van der Waals surface area contributed by atoms with Crippen LogP contribution in [0.25, 0.3) is 0 Å². The van der Waals surface area contributed by atoms with E-state index in [1.807, 2.05) is 31.4 Å². The van der Waals surface area contributed by atoms with E-state index < -0.39 is 15.3 Å². The van der Waals surface area contributed by atoms with Gasteiger partial charge < -0.3 is 19.1 Å². The molecular weight excluding hydrogens is 720 g/mol. The molecule has 0 radical (unpaired) electrons. The third-order valence-electron chi connectivity index (χ3n) is 14.4. The predicted octanol–water partition coefficient (Wildman–Crippen LogP) is 5.68. The Morgan fingerprint density at radius 3 is 2.80 bits per heavy atom. The summed E-state index contributed by atoms with van der Waals surface area (Å²) in [6, 6.07) is 12.7. The fourth-order valence-electron chi connectivity index (χ4n) is 11.3. The molecule has 292 valence electrons. The Bertz CT molecular complexity index is 1910. The van der Waals surface area contributed by atoms with Gasteiger partial charge in [-0.15, -0.1) is 0 Å². The summed E-state index contributed by atoms with van der Waals surface area (Å²) in [7, 11) is -0.935. The van der Waals surface area contributed by atoms with Crippen molar-refractivity contribution in [2.45, 2.75) is 74.2 Å². The molecule has 1 saturated carbocycles. The lowest BCUT2D eigenvalue weighted by Gasteiger charge is -2.53. The molecule has 7 aliphatic rings. The number of halogens is 1. The first-order valence-corrected chi connectivity index (χ1v) is 22.5. The first-order chi connectivity index (χ1) is 26.1. The molecule has 9 nitrogen and oxygen atoms in total. The number of nitrogens with zero attached hydrogens (tertiary/aromatic N) is 4. The third kappa shape index (κ3) is 6.41. The zero-order chi connectivity index (χ0) is 37.2. The van der Waals surface area contributed by atoms with Gasteiger partial charge in [-0.2, -0.15) is 0 Å². The van der Waals surface area contributed by atoms with Crippen molar-refractivity contribution in [3.8, 4) is 5.75 Å². The first kappa shape index (κ1) is 37.0. The Morgan fingerprint density at radius 2 is 1.96 bits per heavy atom.